The summed E-state index contributed by atoms with van der Waals surface area (Å²) in [6, 6.07) is 10.5. The fraction of sp³-hybridized carbons (Fsp3) is 0.286. The van der Waals surface area contributed by atoms with Gasteiger partial charge in [0.15, 0.2) is 0 Å². The Morgan fingerprint density at radius 3 is 2.88 bits per heavy atom. The summed E-state index contributed by atoms with van der Waals surface area (Å²) in [6.07, 6.45) is 3.61. The lowest BCUT2D eigenvalue weighted by Gasteiger charge is -2.18. The van der Waals surface area contributed by atoms with Gasteiger partial charge in [-0.2, -0.15) is 0 Å². The molecule has 0 unspecified atom stereocenters. The van der Waals surface area contributed by atoms with Gasteiger partial charge >= 0.3 is 0 Å². The molecule has 1 aliphatic rings. The molecule has 3 heteroatoms. The minimum Gasteiger partial charge on any atom is -0.312 e. The van der Waals surface area contributed by atoms with Gasteiger partial charge in [-0.3, -0.25) is 0 Å². The summed E-state index contributed by atoms with van der Waals surface area (Å²) in [6.45, 7) is 1.92. The SMILES string of the molecule is c1ccc(Cc2ncnc3c2CNCC3)cc1. The van der Waals surface area contributed by atoms with Crippen LogP contribution in [-0.4, -0.2) is 16.5 Å². The van der Waals surface area contributed by atoms with Gasteiger partial charge in [0.1, 0.15) is 6.33 Å². The summed E-state index contributed by atoms with van der Waals surface area (Å²) in [5, 5.41) is 3.39. The fourth-order valence-corrected chi connectivity index (χ4v) is 2.27. The van der Waals surface area contributed by atoms with Crippen molar-refractivity contribution in [2.24, 2.45) is 0 Å². The van der Waals surface area contributed by atoms with Crippen molar-refractivity contribution in [3.63, 3.8) is 0 Å². The van der Waals surface area contributed by atoms with Gasteiger partial charge in [-0.25, -0.2) is 9.97 Å². The van der Waals surface area contributed by atoms with Crippen LogP contribution in [0.1, 0.15) is 22.5 Å². The molecule has 2 heterocycles. The van der Waals surface area contributed by atoms with E-state index in [-0.39, 0.29) is 0 Å². The zero-order chi connectivity index (χ0) is 11.5. The van der Waals surface area contributed by atoms with E-state index in [9.17, 15) is 0 Å². The molecule has 0 bridgehead atoms. The number of rotatable bonds is 2. The molecule has 0 spiro atoms. The molecule has 0 saturated heterocycles. The molecule has 1 N–H and O–H groups in total. The third-order valence-electron chi connectivity index (χ3n) is 3.18. The van der Waals surface area contributed by atoms with E-state index in [0.29, 0.717) is 0 Å². The van der Waals surface area contributed by atoms with Gasteiger partial charge in [0.25, 0.3) is 0 Å². The lowest BCUT2D eigenvalue weighted by Crippen LogP contribution is -2.26. The minimum atomic E-state index is 0.896. The molecule has 86 valence electrons. The lowest BCUT2D eigenvalue weighted by atomic mass is 10.0. The highest BCUT2D eigenvalue weighted by Crippen LogP contribution is 2.17. The Kier molecular flexibility index (Phi) is 2.84. The molecule has 3 nitrogen and oxygen atoms in total. The molecule has 1 aromatic carbocycles. The first-order valence-electron chi connectivity index (χ1n) is 6.00. The molecule has 0 radical (unpaired) electrons. The number of nitrogens with zero attached hydrogens (tertiary/aromatic N) is 2. The average molecular weight is 225 g/mol. The Hall–Kier alpha value is -1.74. The Balaban J connectivity index is 1.93. The highest BCUT2D eigenvalue weighted by Gasteiger charge is 2.14. The molecule has 2 aromatic rings. The van der Waals surface area contributed by atoms with Crippen LogP contribution in [0.3, 0.4) is 0 Å². The van der Waals surface area contributed by atoms with E-state index in [4.69, 9.17) is 0 Å². The topological polar surface area (TPSA) is 37.8 Å². The van der Waals surface area contributed by atoms with E-state index in [2.05, 4.69) is 39.6 Å². The number of fused-ring (bicyclic) bond motifs is 1. The molecule has 0 atom stereocenters. The first kappa shape index (κ1) is 10.4. The molecule has 0 aliphatic carbocycles. The van der Waals surface area contributed by atoms with E-state index in [1.54, 1.807) is 6.33 Å². The molecule has 0 amide bonds. The van der Waals surface area contributed by atoms with Gasteiger partial charge < -0.3 is 5.32 Å². The van der Waals surface area contributed by atoms with Crippen LogP contribution in [-0.2, 0) is 19.4 Å². The summed E-state index contributed by atoms with van der Waals surface area (Å²) in [4.78, 5) is 8.81. The predicted octanol–water partition coefficient (Wildman–Crippen LogP) is 1.71. The van der Waals surface area contributed by atoms with Crippen LogP contribution in [0.15, 0.2) is 36.7 Å². The van der Waals surface area contributed by atoms with E-state index >= 15 is 0 Å². The van der Waals surface area contributed by atoms with Crippen molar-refractivity contribution in [3.8, 4) is 0 Å². The van der Waals surface area contributed by atoms with Crippen molar-refractivity contribution >= 4 is 0 Å². The fourth-order valence-electron chi connectivity index (χ4n) is 2.27. The van der Waals surface area contributed by atoms with Gasteiger partial charge in [-0.15, -0.1) is 0 Å². The summed E-state index contributed by atoms with van der Waals surface area (Å²) < 4.78 is 0. The van der Waals surface area contributed by atoms with Gasteiger partial charge in [0.2, 0.25) is 0 Å². The highest BCUT2D eigenvalue weighted by atomic mass is 14.9. The van der Waals surface area contributed by atoms with Crippen LogP contribution >= 0.6 is 0 Å². The molecule has 1 aliphatic heterocycles. The van der Waals surface area contributed by atoms with Crippen LogP contribution in [0, 0.1) is 0 Å². The van der Waals surface area contributed by atoms with Crippen molar-refractivity contribution in [1.82, 2.24) is 15.3 Å². The molecular weight excluding hydrogens is 210 g/mol. The van der Waals surface area contributed by atoms with Gasteiger partial charge in [0, 0.05) is 37.2 Å². The first-order chi connectivity index (χ1) is 8.43. The number of nitrogens with one attached hydrogen (secondary N) is 1. The van der Waals surface area contributed by atoms with E-state index in [1.807, 2.05) is 6.07 Å². The molecular formula is C14H15N3. The van der Waals surface area contributed by atoms with Crippen molar-refractivity contribution in [2.75, 3.05) is 6.54 Å². The van der Waals surface area contributed by atoms with Gasteiger partial charge in [0.05, 0.1) is 5.69 Å². The standard InChI is InChI=1S/C14H15N3/c1-2-4-11(5-3-1)8-14-12-9-15-7-6-13(12)16-10-17-14/h1-5,10,15H,6-9H2. The van der Waals surface area contributed by atoms with Crippen molar-refractivity contribution in [2.45, 2.75) is 19.4 Å². The third kappa shape index (κ3) is 2.19. The minimum absolute atomic E-state index is 0.896. The summed E-state index contributed by atoms with van der Waals surface area (Å²) in [7, 11) is 0. The Morgan fingerprint density at radius 2 is 2.00 bits per heavy atom. The number of hydrogen-bond acceptors (Lipinski definition) is 3. The maximum atomic E-state index is 4.44. The smallest absolute Gasteiger partial charge is 0.115 e. The monoisotopic (exact) mass is 225 g/mol. The third-order valence-corrected chi connectivity index (χ3v) is 3.18. The molecule has 1 aromatic heterocycles. The van der Waals surface area contributed by atoms with Gasteiger partial charge in [-0.05, 0) is 5.56 Å². The zero-order valence-corrected chi connectivity index (χ0v) is 9.69. The largest absolute Gasteiger partial charge is 0.312 e. The van der Waals surface area contributed by atoms with Crippen molar-refractivity contribution < 1.29 is 0 Å². The van der Waals surface area contributed by atoms with E-state index < -0.39 is 0 Å². The number of aromatic nitrogens is 2. The Labute approximate surface area is 101 Å². The van der Waals surface area contributed by atoms with Crippen molar-refractivity contribution in [3.05, 3.63) is 59.2 Å². The average Bonchev–Trinajstić information content (AvgIpc) is 2.40. The maximum absolute atomic E-state index is 4.44. The second-order valence-corrected chi connectivity index (χ2v) is 4.33. The van der Waals surface area contributed by atoms with Crippen LogP contribution < -0.4 is 5.32 Å². The quantitative estimate of drug-likeness (QED) is 0.845. The van der Waals surface area contributed by atoms with Gasteiger partial charge in [-0.1, -0.05) is 30.3 Å². The Bertz CT molecular complexity index is 508. The number of benzene rings is 1. The molecule has 17 heavy (non-hydrogen) atoms. The number of hydrogen-bond donors (Lipinski definition) is 1. The van der Waals surface area contributed by atoms with E-state index in [1.165, 1.54) is 16.8 Å². The lowest BCUT2D eigenvalue weighted by molar-refractivity contribution is 0.618. The van der Waals surface area contributed by atoms with Crippen LogP contribution in [0.25, 0.3) is 0 Å². The summed E-state index contributed by atoms with van der Waals surface area (Å²) >= 11 is 0. The van der Waals surface area contributed by atoms with Crippen LogP contribution in [0.4, 0.5) is 0 Å². The van der Waals surface area contributed by atoms with Crippen molar-refractivity contribution in [1.29, 1.82) is 0 Å². The first-order valence-corrected chi connectivity index (χ1v) is 6.00. The zero-order valence-electron chi connectivity index (χ0n) is 9.69. The molecule has 3 rings (SSSR count). The normalized spacial score (nSPS) is 14.4. The second-order valence-electron chi connectivity index (χ2n) is 4.33. The van der Waals surface area contributed by atoms with E-state index in [0.717, 1.165) is 31.6 Å². The molecule has 0 saturated carbocycles. The second kappa shape index (κ2) is 4.63. The molecule has 0 fully saturated rings. The summed E-state index contributed by atoms with van der Waals surface area (Å²) in [5.41, 5.74) is 4.97. The Morgan fingerprint density at radius 1 is 1.12 bits per heavy atom. The highest BCUT2D eigenvalue weighted by molar-refractivity contribution is 5.31. The summed E-state index contributed by atoms with van der Waals surface area (Å²) in [5.74, 6) is 0. The maximum Gasteiger partial charge on any atom is 0.115 e. The van der Waals surface area contributed by atoms with Crippen LogP contribution in [0.2, 0.25) is 0 Å². The van der Waals surface area contributed by atoms with Crippen LogP contribution in [0.5, 0.6) is 0 Å². The predicted molar refractivity (Wildman–Crippen MR) is 66.7 cm³/mol.